The molecule has 176 valence electrons. The summed E-state index contributed by atoms with van der Waals surface area (Å²) in [4.78, 5) is 31.3. The summed E-state index contributed by atoms with van der Waals surface area (Å²) in [6.07, 6.45) is -0.157. The van der Waals surface area contributed by atoms with Gasteiger partial charge < -0.3 is 25.4 Å². The molecule has 33 heavy (non-hydrogen) atoms. The van der Waals surface area contributed by atoms with Crippen molar-refractivity contribution in [1.29, 1.82) is 0 Å². The Kier molecular flexibility index (Phi) is 7.23. The van der Waals surface area contributed by atoms with Gasteiger partial charge in [0.15, 0.2) is 0 Å². The molecule has 3 aromatic rings. The Labute approximate surface area is 198 Å². The summed E-state index contributed by atoms with van der Waals surface area (Å²) in [6.45, 7) is 3.96. The third-order valence-corrected chi connectivity index (χ3v) is 7.93. The van der Waals surface area contributed by atoms with Gasteiger partial charge in [0, 0.05) is 49.7 Å². The molecule has 1 atom stereocenters. The van der Waals surface area contributed by atoms with Crippen LogP contribution in [0.2, 0.25) is 0 Å². The number of carbonyl (C=O) groups excluding carboxylic acids is 1. The number of anilines is 1. The SMILES string of the molecule is COCCNCCC(=O)Nc1sc2c(c1-c1nc3cc(F)ccc3s1)CCN(C(=O)O)C2C. The molecule has 0 saturated carbocycles. The molecule has 11 heteroatoms. The van der Waals surface area contributed by atoms with Crippen LogP contribution in [0.5, 0.6) is 0 Å². The van der Waals surface area contributed by atoms with Crippen LogP contribution in [0, 0.1) is 5.82 Å². The Hall–Kier alpha value is -2.60. The van der Waals surface area contributed by atoms with E-state index >= 15 is 0 Å². The molecule has 0 bridgehead atoms. The number of thiazole rings is 1. The monoisotopic (exact) mass is 492 g/mol. The second-order valence-corrected chi connectivity index (χ2v) is 9.81. The molecule has 0 fully saturated rings. The number of carbonyl (C=O) groups is 2. The Morgan fingerprint density at radius 2 is 2.15 bits per heavy atom. The minimum absolute atomic E-state index is 0.144. The van der Waals surface area contributed by atoms with Crippen molar-refractivity contribution in [2.24, 2.45) is 0 Å². The first-order valence-corrected chi connectivity index (χ1v) is 12.2. The maximum absolute atomic E-state index is 13.7. The summed E-state index contributed by atoms with van der Waals surface area (Å²) in [6, 6.07) is 4.17. The first-order chi connectivity index (χ1) is 15.9. The van der Waals surface area contributed by atoms with Crippen LogP contribution in [-0.2, 0) is 16.0 Å². The Balaban J connectivity index is 1.67. The molecule has 1 unspecified atom stereocenters. The highest BCUT2D eigenvalue weighted by Crippen LogP contribution is 2.48. The van der Waals surface area contributed by atoms with Crippen LogP contribution in [-0.4, -0.2) is 60.3 Å². The maximum atomic E-state index is 13.7. The van der Waals surface area contributed by atoms with E-state index in [1.807, 2.05) is 6.92 Å². The number of carboxylic acid groups (broad SMARTS) is 1. The number of fused-ring (bicyclic) bond motifs is 2. The van der Waals surface area contributed by atoms with Crippen LogP contribution in [0.25, 0.3) is 20.8 Å². The molecule has 3 heterocycles. The van der Waals surface area contributed by atoms with E-state index in [2.05, 4.69) is 15.6 Å². The van der Waals surface area contributed by atoms with E-state index in [9.17, 15) is 19.1 Å². The normalized spacial score (nSPS) is 15.6. The zero-order valence-corrected chi connectivity index (χ0v) is 19.9. The van der Waals surface area contributed by atoms with Gasteiger partial charge in [-0.2, -0.15) is 0 Å². The van der Waals surface area contributed by atoms with Gasteiger partial charge in [0.2, 0.25) is 5.91 Å². The van der Waals surface area contributed by atoms with Gasteiger partial charge in [-0.15, -0.1) is 22.7 Å². The molecular weight excluding hydrogens is 467 g/mol. The highest BCUT2D eigenvalue weighted by molar-refractivity contribution is 7.23. The van der Waals surface area contributed by atoms with Crippen LogP contribution in [0.4, 0.5) is 14.2 Å². The maximum Gasteiger partial charge on any atom is 0.407 e. The summed E-state index contributed by atoms with van der Waals surface area (Å²) >= 11 is 2.82. The van der Waals surface area contributed by atoms with E-state index in [0.29, 0.717) is 48.2 Å². The van der Waals surface area contributed by atoms with Gasteiger partial charge in [-0.3, -0.25) is 4.79 Å². The summed E-state index contributed by atoms with van der Waals surface area (Å²) in [7, 11) is 1.62. The van der Waals surface area contributed by atoms with Gasteiger partial charge in [-0.25, -0.2) is 14.2 Å². The van der Waals surface area contributed by atoms with Crippen molar-refractivity contribution in [3.63, 3.8) is 0 Å². The molecule has 0 radical (unpaired) electrons. The number of thiophene rings is 1. The van der Waals surface area contributed by atoms with E-state index in [1.54, 1.807) is 13.2 Å². The molecule has 1 aliphatic heterocycles. The molecule has 1 aliphatic rings. The number of nitrogens with one attached hydrogen (secondary N) is 2. The number of rotatable bonds is 8. The van der Waals surface area contributed by atoms with Crippen LogP contribution < -0.4 is 10.6 Å². The van der Waals surface area contributed by atoms with Gasteiger partial charge in [-0.1, -0.05) is 0 Å². The fourth-order valence-corrected chi connectivity index (χ4v) is 6.33. The number of aromatic nitrogens is 1. The number of ether oxygens (including phenoxy) is 1. The third-order valence-electron chi connectivity index (χ3n) is 5.56. The lowest BCUT2D eigenvalue weighted by Gasteiger charge is -2.31. The Morgan fingerprint density at radius 3 is 2.91 bits per heavy atom. The van der Waals surface area contributed by atoms with Crippen molar-refractivity contribution >= 4 is 49.9 Å². The summed E-state index contributed by atoms with van der Waals surface area (Å²) in [5.41, 5.74) is 2.37. The predicted octanol–water partition coefficient (Wildman–Crippen LogP) is 4.33. The van der Waals surface area contributed by atoms with E-state index < -0.39 is 6.09 Å². The number of halogens is 1. The average Bonchev–Trinajstić information content (AvgIpc) is 3.34. The second-order valence-electron chi connectivity index (χ2n) is 7.72. The minimum atomic E-state index is -0.966. The number of amides is 2. The molecule has 3 N–H and O–H groups in total. The molecule has 2 amide bonds. The first kappa shape index (κ1) is 23.6. The Bertz CT molecular complexity index is 1180. The van der Waals surface area contributed by atoms with E-state index in [-0.39, 0.29) is 24.2 Å². The summed E-state index contributed by atoms with van der Waals surface area (Å²) in [5.74, 6) is -0.499. The Morgan fingerprint density at radius 1 is 1.33 bits per heavy atom. The van der Waals surface area contributed by atoms with Crippen molar-refractivity contribution in [2.45, 2.75) is 25.8 Å². The van der Waals surface area contributed by atoms with Gasteiger partial charge in [0.25, 0.3) is 0 Å². The molecule has 8 nitrogen and oxygen atoms in total. The lowest BCUT2D eigenvalue weighted by Crippen LogP contribution is -2.37. The van der Waals surface area contributed by atoms with Crippen LogP contribution >= 0.6 is 22.7 Å². The largest absolute Gasteiger partial charge is 0.465 e. The van der Waals surface area contributed by atoms with Crippen LogP contribution in [0.3, 0.4) is 0 Å². The van der Waals surface area contributed by atoms with Crippen molar-refractivity contribution in [3.05, 3.63) is 34.5 Å². The van der Waals surface area contributed by atoms with Gasteiger partial charge in [-0.05, 0) is 31.0 Å². The van der Waals surface area contributed by atoms with E-state index in [1.165, 1.54) is 39.7 Å². The van der Waals surface area contributed by atoms with Crippen molar-refractivity contribution in [2.75, 3.05) is 38.7 Å². The molecular formula is C22H25FN4O4S2. The number of methoxy groups -OCH3 is 1. The lowest BCUT2D eigenvalue weighted by molar-refractivity contribution is -0.116. The lowest BCUT2D eigenvalue weighted by atomic mass is 9.98. The molecule has 2 aromatic heterocycles. The topological polar surface area (TPSA) is 104 Å². The predicted molar refractivity (Wildman–Crippen MR) is 128 cm³/mol. The molecule has 0 saturated heterocycles. The number of benzene rings is 1. The summed E-state index contributed by atoms with van der Waals surface area (Å²) < 4.78 is 19.5. The van der Waals surface area contributed by atoms with Crippen molar-refractivity contribution in [3.8, 4) is 10.6 Å². The number of hydrogen-bond donors (Lipinski definition) is 3. The van der Waals surface area contributed by atoms with E-state index in [0.717, 1.165) is 20.7 Å². The quantitative estimate of drug-likeness (QED) is 0.405. The molecule has 0 spiro atoms. The standard InChI is InChI=1S/C22H25FN4O4S2/c1-12-19-14(6-9-27(12)22(29)30)18(20-25-15-11-13(23)3-4-16(15)32-20)21(33-19)26-17(28)5-7-24-8-10-31-2/h3-4,11-12,24H,5-10H2,1-2H3,(H,26,28)(H,29,30). The highest BCUT2D eigenvalue weighted by Gasteiger charge is 2.34. The van der Waals surface area contributed by atoms with Gasteiger partial charge >= 0.3 is 6.09 Å². The molecule has 0 aliphatic carbocycles. The zero-order valence-electron chi connectivity index (χ0n) is 18.3. The fourth-order valence-electron chi connectivity index (χ4n) is 3.91. The number of nitrogens with zero attached hydrogens (tertiary/aromatic N) is 2. The first-order valence-electron chi connectivity index (χ1n) is 10.6. The summed E-state index contributed by atoms with van der Waals surface area (Å²) in [5, 5.41) is 17.1. The highest BCUT2D eigenvalue weighted by atomic mass is 32.1. The second kappa shape index (κ2) is 10.1. The van der Waals surface area contributed by atoms with Crippen LogP contribution in [0.1, 0.15) is 29.8 Å². The third kappa shape index (κ3) is 5.01. The average molecular weight is 493 g/mol. The van der Waals surface area contributed by atoms with Crippen molar-refractivity contribution in [1.82, 2.24) is 15.2 Å². The van der Waals surface area contributed by atoms with Crippen LogP contribution in [0.15, 0.2) is 18.2 Å². The van der Waals surface area contributed by atoms with Gasteiger partial charge in [0.1, 0.15) is 15.8 Å². The van der Waals surface area contributed by atoms with Gasteiger partial charge in [0.05, 0.1) is 22.9 Å². The fraction of sp³-hybridized carbons (Fsp3) is 0.409. The zero-order chi connectivity index (χ0) is 23.5. The minimum Gasteiger partial charge on any atom is -0.465 e. The van der Waals surface area contributed by atoms with E-state index in [4.69, 9.17) is 4.74 Å². The molecule has 4 rings (SSSR count). The number of hydrogen-bond acceptors (Lipinski definition) is 7. The van der Waals surface area contributed by atoms with Crippen molar-refractivity contribution < 1.29 is 23.8 Å². The molecule has 1 aromatic carbocycles. The smallest absolute Gasteiger partial charge is 0.407 e.